The molecule has 2 amide bonds. The van der Waals surface area contributed by atoms with E-state index in [4.69, 9.17) is 0 Å². The normalized spacial score (nSPS) is 33.0. The van der Waals surface area contributed by atoms with Crippen molar-refractivity contribution in [1.82, 2.24) is 10.2 Å². The Bertz CT molecular complexity index is 399. The fourth-order valence-corrected chi connectivity index (χ4v) is 3.72. The van der Waals surface area contributed by atoms with Crippen LogP contribution in [0, 0.1) is 11.3 Å². The Labute approximate surface area is 127 Å². The number of nitrogens with one attached hydrogen (secondary N) is 1. The summed E-state index contributed by atoms with van der Waals surface area (Å²) in [6.45, 7) is 4.99. The van der Waals surface area contributed by atoms with Crippen LogP contribution in [-0.2, 0) is 4.79 Å². The van der Waals surface area contributed by atoms with Crippen LogP contribution in [0.15, 0.2) is 0 Å². The van der Waals surface area contributed by atoms with Gasteiger partial charge in [-0.15, -0.1) is 0 Å². The van der Waals surface area contributed by atoms with Gasteiger partial charge in [0.15, 0.2) is 0 Å². The molecule has 0 aromatic carbocycles. The molecule has 0 aromatic heterocycles. The molecule has 0 bridgehead atoms. The molecule has 2 fully saturated rings. The SMILES string of the molecule is CCC1CCCC(NC(=O)N2CCC(CC)(C(=O)O)C2)C1. The van der Waals surface area contributed by atoms with Gasteiger partial charge in [-0.2, -0.15) is 0 Å². The maximum absolute atomic E-state index is 12.4. The molecule has 1 heterocycles. The lowest BCUT2D eigenvalue weighted by Gasteiger charge is -2.31. The minimum absolute atomic E-state index is 0.0756. The number of nitrogens with zero attached hydrogens (tertiary/aromatic N) is 1. The molecular formula is C16H28N2O3. The Hall–Kier alpha value is -1.26. The molecule has 2 N–H and O–H groups in total. The first-order valence-corrected chi connectivity index (χ1v) is 8.29. The van der Waals surface area contributed by atoms with Gasteiger partial charge in [0.05, 0.1) is 5.41 Å². The van der Waals surface area contributed by atoms with E-state index in [0.717, 1.165) is 18.8 Å². The van der Waals surface area contributed by atoms with Gasteiger partial charge < -0.3 is 15.3 Å². The predicted octanol–water partition coefficient (Wildman–Crippen LogP) is 2.85. The van der Waals surface area contributed by atoms with Crippen molar-refractivity contribution >= 4 is 12.0 Å². The molecule has 5 nitrogen and oxygen atoms in total. The summed E-state index contributed by atoms with van der Waals surface area (Å²) in [6.07, 6.45) is 6.87. The van der Waals surface area contributed by atoms with Crippen molar-refractivity contribution in [2.45, 2.75) is 64.8 Å². The molecular weight excluding hydrogens is 268 g/mol. The van der Waals surface area contributed by atoms with Crippen LogP contribution in [0.2, 0.25) is 0 Å². The van der Waals surface area contributed by atoms with Gasteiger partial charge in [0.2, 0.25) is 0 Å². The fourth-order valence-electron chi connectivity index (χ4n) is 3.72. The Balaban J connectivity index is 1.88. The monoisotopic (exact) mass is 296 g/mol. The summed E-state index contributed by atoms with van der Waals surface area (Å²) in [4.78, 5) is 25.5. The van der Waals surface area contributed by atoms with Gasteiger partial charge in [0, 0.05) is 19.1 Å². The Morgan fingerprint density at radius 2 is 2.10 bits per heavy atom. The van der Waals surface area contributed by atoms with Crippen LogP contribution in [0.5, 0.6) is 0 Å². The van der Waals surface area contributed by atoms with E-state index in [1.807, 2.05) is 6.92 Å². The second-order valence-corrected chi connectivity index (χ2v) is 6.70. The number of carboxylic acids is 1. The Morgan fingerprint density at radius 1 is 1.33 bits per heavy atom. The number of carboxylic acid groups (broad SMARTS) is 1. The van der Waals surface area contributed by atoms with Crippen LogP contribution in [-0.4, -0.2) is 41.1 Å². The lowest BCUT2D eigenvalue weighted by atomic mass is 9.84. The summed E-state index contributed by atoms with van der Waals surface area (Å²) in [7, 11) is 0. The largest absolute Gasteiger partial charge is 0.481 e. The molecule has 0 spiro atoms. The Morgan fingerprint density at radius 3 is 2.67 bits per heavy atom. The van der Waals surface area contributed by atoms with Crippen LogP contribution in [0.1, 0.15) is 58.8 Å². The van der Waals surface area contributed by atoms with E-state index in [9.17, 15) is 14.7 Å². The highest BCUT2D eigenvalue weighted by Crippen LogP contribution is 2.34. The maximum Gasteiger partial charge on any atom is 0.317 e. The first-order valence-electron chi connectivity index (χ1n) is 8.29. The molecule has 1 saturated heterocycles. The van der Waals surface area contributed by atoms with Crippen LogP contribution in [0.25, 0.3) is 0 Å². The average Bonchev–Trinajstić information content (AvgIpc) is 2.93. The number of rotatable bonds is 4. The van der Waals surface area contributed by atoms with E-state index in [1.165, 1.54) is 19.3 Å². The average molecular weight is 296 g/mol. The zero-order valence-electron chi connectivity index (χ0n) is 13.2. The number of hydrogen-bond acceptors (Lipinski definition) is 2. The van der Waals surface area contributed by atoms with Gasteiger partial charge in [-0.05, 0) is 31.6 Å². The first kappa shape index (κ1) is 16.1. The number of urea groups is 1. The molecule has 0 aromatic rings. The van der Waals surface area contributed by atoms with E-state index in [0.29, 0.717) is 25.9 Å². The zero-order valence-corrected chi connectivity index (χ0v) is 13.2. The molecule has 3 atom stereocenters. The number of carbonyl (C=O) groups is 2. The van der Waals surface area contributed by atoms with Gasteiger partial charge in [-0.3, -0.25) is 4.79 Å². The predicted molar refractivity (Wildman–Crippen MR) is 81.1 cm³/mol. The highest BCUT2D eigenvalue weighted by Gasteiger charge is 2.45. The van der Waals surface area contributed by atoms with Crippen LogP contribution in [0.3, 0.4) is 0 Å². The number of hydrogen-bond donors (Lipinski definition) is 2. The summed E-state index contributed by atoms with van der Waals surface area (Å²) in [5, 5.41) is 12.5. The van der Waals surface area contributed by atoms with Crippen molar-refractivity contribution in [3.63, 3.8) is 0 Å². The topological polar surface area (TPSA) is 69.6 Å². The minimum Gasteiger partial charge on any atom is -0.481 e. The van der Waals surface area contributed by atoms with E-state index in [1.54, 1.807) is 4.90 Å². The third-order valence-electron chi connectivity index (χ3n) is 5.46. The lowest BCUT2D eigenvalue weighted by Crippen LogP contribution is -2.46. The quantitative estimate of drug-likeness (QED) is 0.838. The molecule has 3 unspecified atom stereocenters. The second-order valence-electron chi connectivity index (χ2n) is 6.70. The van der Waals surface area contributed by atoms with E-state index in [-0.39, 0.29) is 12.1 Å². The van der Waals surface area contributed by atoms with Crippen LogP contribution in [0.4, 0.5) is 4.79 Å². The maximum atomic E-state index is 12.4. The first-order chi connectivity index (χ1) is 10.0. The fraction of sp³-hybridized carbons (Fsp3) is 0.875. The molecule has 21 heavy (non-hydrogen) atoms. The summed E-state index contributed by atoms with van der Waals surface area (Å²) in [6, 6.07) is 0.186. The van der Waals surface area contributed by atoms with Crippen LogP contribution >= 0.6 is 0 Å². The second kappa shape index (κ2) is 6.67. The molecule has 5 heteroatoms. The smallest absolute Gasteiger partial charge is 0.317 e. The van der Waals surface area contributed by atoms with E-state index < -0.39 is 11.4 Å². The van der Waals surface area contributed by atoms with Crippen LogP contribution < -0.4 is 5.32 Å². The zero-order chi connectivity index (χ0) is 15.5. The van der Waals surface area contributed by atoms with Crippen molar-refractivity contribution in [3.8, 4) is 0 Å². The van der Waals surface area contributed by atoms with Gasteiger partial charge in [-0.25, -0.2) is 4.79 Å². The van der Waals surface area contributed by atoms with E-state index >= 15 is 0 Å². The molecule has 2 rings (SSSR count). The third kappa shape index (κ3) is 3.50. The molecule has 1 saturated carbocycles. The number of amides is 2. The summed E-state index contributed by atoms with van der Waals surface area (Å²) in [5.41, 5.74) is -0.740. The highest BCUT2D eigenvalue weighted by molar-refractivity contribution is 5.79. The summed E-state index contributed by atoms with van der Waals surface area (Å²) >= 11 is 0. The number of aliphatic carboxylic acids is 1. The van der Waals surface area contributed by atoms with Gasteiger partial charge >= 0.3 is 12.0 Å². The summed E-state index contributed by atoms with van der Waals surface area (Å²) in [5.74, 6) is -0.0552. The van der Waals surface area contributed by atoms with Gasteiger partial charge in [-0.1, -0.05) is 33.1 Å². The highest BCUT2D eigenvalue weighted by atomic mass is 16.4. The lowest BCUT2D eigenvalue weighted by molar-refractivity contribution is -0.148. The van der Waals surface area contributed by atoms with Crippen molar-refractivity contribution in [1.29, 1.82) is 0 Å². The minimum atomic E-state index is -0.774. The van der Waals surface area contributed by atoms with E-state index in [2.05, 4.69) is 12.2 Å². The summed E-state index contributed by atoms with van der Waals surface area (Å²) < 4.78 is 0. The van der Waals surface area contributed by atoms with Crippen molar-refractivity contribution in [2.75, 3.05) is 13.1 Å². The Kier molecular flexibility index (Phi) is 5.12. The number of carbonyl (C=O) groups excluding carboxylic acids is 1. The van der Waals surface area contributed by atoms with Crippen molar-refractivity contribution in [2.24, 2.45) is 11.3 Å². The van der Waals surface area contributed by atoms with Gasteiger partial charge in [0.1, 0.15) is 0 Å². The molecule has 2 aliphatic rings. The molecule has 1 aliphatic carbocycles. The van der Waals surface area contributed by atoms with Gasteiger partial charge in [0.25, 0.3) is 0 Å². The van der Waals surface area contributed by atoms with Crippen molar-refractivity contribution < 1.29 is 14.7 Å². The molecule has 1 aliphatic heterocycles. The number of likely N-dealkylation sites (tertiary alicyclic amines) is 1. The molecule has 0 radical (unpaired) electrons. The van der Waals surface area contributed by atoms with Crippen molar-refractivity contribution in [3.05, 3.63) is 0 Å². The standard InChI is InChI=1S/C16H28N2O3/c1-3-12-6-5-7-13(10-12)17-15(21)18-9-8-16(4-2,11-18)14(19)20/h12-13H,3-11H2,1-2H3,(H,17,21)(H,19,20). The third-order valence-corrected chi connectivity index (χ3v) is 5.46. The molecule has 120 valence electrons.